The Bertz CT molecular complexity index is 2540. The fourth-order valence-corrected chi connectivity index (χ4v) is 11.9. The van der Waals surface area contributed by atoms with Gasteiger partial charge in [-0.1, -0.05) is 302 Å². The van der Waals surface area contributed by atoms with Crippen LogP contribution < -0.4 is 0 Å². The molecule has 0 saturated carbocycles. The van der Waals surface area contributed by atoms with Crippen LogP contribution in [0, 0.1) is 0 Å². The van der Waals surface area contributed by atoms with Crippen LogP contribution in [0.5, 0.6) is 0 Å². The number of rotatable bonds is 74. The molecule has 3 N–H and O–H groups in total. The fraction of sp³-hybridized carbons (Fsp3) is 0.671. The van der Waals surface area contributed by atoms with Crippen molar-refractivity contribution in [1.29, 1.82) is 0 Å². The van der Waals surface area contributed by atoms with Gasteiger partial charge in [0.25, 0.3) is 0 Å². The van der Waals surface area contributed by atoms with E-state index in [9.17, 15) is 43.2 Å². The van der Waals surface area contributed by atoms with E-state index in [4.69, 9.17) is 37.0 Å². The highest BCUT2D eigenvalue weighted by atomic mass is 31.2. The number of phosphoric ester groups is 2. The number of hydrogen-bond donors (Lipinski definition) is 3. The van der Waals surface area contributed by atoms with Crippen LogP contribution in [0.25, 0.3) is 0 Å². The number of carbonyl (C=O) groups is 4. The molecule has 0 aromatic carbocycles. The molecule has 19 heteroatoms. The molecule has 5 unspecified atom stereocenters. The highest BCUT2D eigenvalue weighted by Crippen LogP contribution is 2.45. The number of aliphatic hydroxyl groups excluding tert-OH is 1. The Kier molecular flexibility index (Phi) is 72.4. The van der Waals surface area contributed by atoms with Gasteiger partial charge in [0.1, 0.15) is 19.3 Å². The van der Waals surface area contributed by atoms with Crippen molar-refractivity contribution in [1.82, 2.24) is 0 Å². The SMILES string of the molecule is CC/C=C\C/C=C\C/C=C\C/C=C\C/C=C\C/C=C\CCC(=O)OCC(COP(=O)(O)OCC(O)COP(=O)(O)OCC(COC(=O)CCCCCC/C=C\C/C=C\C/C=C\C/C=C\CC)OC(=O)CCCCCCCCCCCCCCCCC)OC(=O)CCCCCCC/C=C\C/C=C\CCC. The molecular weight excluding hydrogens is 1350 g/mol. The van der Waals surface area contributed by atoms with E-state index in [1.165, 1.54) is 64.2 Å². The lowest BCUT2D eigenvalue weighted by Crippen LogP contribution is -2.30. The maximum atomic E-state index is 13.1. The third kappa shape index (κ3) is 75.2. The number of aliphatic hydroxyl groups is 1. The van der Waals surface area contributed by atoms with Gasteiger partial charge in [-0.05, 0) is 128 Å². The molecule has 0 aromatic heterocycles. The predicted molar refractivity (Wildman–Crippen MR) is 427 cm³/mol. The van der Waals surface area contributed by atoms with Crippen molar-refractivity contribution in [3.63, 3.8) is 0 Å². The molecule has 5 atom stereocenters. The summed E-state index contributed by atoms with van der Waals surface area (Å²) in [5.74, 6) is -2.31. The molecule has 0 amide bonds. The number of unbranched alkanes of at least 4 members (excludes halogenated alkanes) is 24. The zero-order chi connectivity index (χ0) is 76.0. The minimum absolute atomic E-state index is 0.0293. The Morgan fingerprint density at radius 1 is 0.279 bits per heavy atom. The van der Waals surface area contributed by atoms with Gasteiger partial charge in [0.2, 0.25) is 0 Å². The van der Waals surface area contributed by atoms with Crippen molar-refractivity contribution < 1.29 is 80.2 Å². The second-order valence-electron chi connectivity index (χ2n) is 26.2. The zero-order valence-electron chi connectivity index (χ0n) is 64.9. The van der Waals surface area contributed by atoms with E-state index >= 15 is 0 Å². The number of esters is 4. The van der Waals surface area contributed by atoms with E-state index in [-0.39, 0.29) is 25.7 Å². The second-order valence-corrected chi connectivity index (χ2v) is 29.2. The molecule has 17 nitrogen and oxygen atoms in total. The lowest BCUT2D eigenvalue weighted by atomic mass is 10.0. The first-order valence-electron chi connectivity index (χ1n) is 40.1. The molecule has 0 aliphatic carbocycles. The topological polar surface area (TPSA) is 237 Å². The zero-order valence-corrected chi connectivity index (χ0v) is 66.7. The minimum atomic E-state index is -5.00. The van der Waals surface area contributed by atoms with Gasteiger partial charge in [-0.25, -0.2) is 9.13 Å². The van der Waals surface area contributed by atoms with Crippen LogP contribution in [0.2, 0.25) is 0 Å². The van der Waals surface area contributed by atoms with Gasteiger partial charge in [-0.15, -0.1) is 0 Å². The van der Waals surface area contributed by atoms with Crippen LogP contribution >= 0.6 is 15.6 Å². The first-order chi connectivity index (χ1) is 50.7. The molecular formula is C85H142O17P2. The number of allylic oxidation sites excluding steroid dienone is 24. The maximum Gasteiger partial charge on any atom is 0.472 e. The van der Waals surface area contributed by atoms with Crippen molar-refractivity contribution in [3.8, 4) is 0 Å². The molecule has 0 spiro atoms. The minimum Gasteiger partial charge on any atom is -0.462 e. The largest absolute Gasteiger partial charge is 0.472 e. The number of ether oxygens (including phenoxy) is 4. The average Bonchev–Trinajstić information content (AvgIpc) is 0.939. The number of phosphoric acid groups is 2. The Labute approximate surface area is 630 Å². The van der Waals surface area contributed by atoms with E-state index in [1.807, 2.05) is 18.2 Å². The lowest BCUT2D eigenvalue weighted by molar-refractivity contribution is -0.161. The van der Waals surface area contributed by atoms with Gasteiger partial charge in [0, 0.05) is 25.7 Å². The molecule has 0 saturated heterocycles. The van der Waals surface area contributed by atoms with Gasteiger partial charge < -0.3 is 33.8 Å². The first-order valence-corrected chi connectivity index (χ1v) is 43.1. The molecule has 0 heterocycles. The van der Waals surface area contributed by atoms with E-state index < -0.39 is 97.5 Å². The monoisotopic (exact) mass is 1500 g/mol. The summed E-state index contributed by atoms with van der Waals surface area (Å²) in [6, 6.07) is 0. The van der Waals surface area contributed by atoms with Crippen LogP contribution in [-0.2, 0) is 65.4 Å². The van der Waals surface area contributed by atoms with Crippen molar-refractivity contribution in [2.24, 2.45) is 0 Å². The van der Waals surface area contributed by atoms with E-state index in [0.29, 0.717) is 32.1 Å². The standard InChI is InChI=1S/C85H142O17P2/c1-5-9-13-17-21-25-29-33-36-38-39-41-44-47-50-54-58-62-66-70-83(88)95-75-80(101-84(89)71-67-63-59-55-51-45-32-28-24-20-16-12-8-4)77-99-103(91,92)97-73-79(86)74-98-104(93,94)100-78-81(102-85(90)72-68-64-60-56-52-48-42-35-31-27-23-19-15-11-7-3)76-96-82(87)69-65-61-57-53-49-46-43-40-37-34-30-26-22-18-14-10-6-2/h9-10,13-14,16,20-22,25-26,28,32-34,36-37,39,41,43,46-47,50,58,62,79-81,86H,5-8,11-12,15,17-19,23-24,27,29-31,35,38,40,42,44-45,48-49,51-57,59-61,63-78H2,1-4H3,(H,91,92)(H,93,94)/b13-9-,14-10-,20-16-,25-21-,26-22-,32-28-,36-33-,37-34-,41-39-,46-43-,50-47-,62-58-. The van der Waals surface area contributed by atoms with Gasteiger partial charge in [0.15, 0.2) is 12.2 Å². The molecule has 0 fully saturated rings. The summed E-state index contributed by atoms with van der Waals surface area (Å²) in [5.41, 5.74) is 0. The molecule has 0 radical (unpaired) electrons. The smallest absolute Gasteiger partial charge is 0.462 e. The summed E-state index contributed by atoms with van der Waals surface area (Å²) < 4.78 is 68.5. The van der Waals surface area contributed by atoms with Gasteiger partial charge in [0.05, 0.1) is 26.4 Å². The predicted octanol–water partition coefficient (Wildman–Crippen LogP) is 23.4. The Morgan fingerprint density at radius 2 is 0.538 bits per heavy atom. The van der Waals surface area contributed by atoms with Crippen LogP contribution in [0.1, 0.15) is 310 Å². The van der Waals surface area contributed by atoms with Crippen molar-refractivity contribution in [2.45, 2.75) is 329 Å². The molecule has 0 rings (SSSR count). The van der Waals surface area contributed by atoms with Crippen LogP contribution in [0.3, 0.4) is 0 Å². The molecule has 0 aliphatic heterocycles. The van der Waals surface area contributed by atoms with Crippen molar-refractivity contribution in [3.05, 3.63) is 146 Å². The second kappa shape index (κ2) is 76.1. The van der Waals surface area contributed by atoms with Crippen molar-refractivity contribution in [2.75, 3.05) is 39.6 Å². The molecule has 594 valence electrons. The highest BCUT2D eigenvalue weighted by Gasteiger charge is 2.30. The Morgan fingerprint density at radius 3 is 0.865 bits per heavy atom. The van der Waals surface area contributed by atoms with Crippen LogP contribution in [0.4, 0.5) is 0 Å². The lowest BCUT2D eigenvalue weighted by Gasteiger charge is -2.21. The normalized spacial score (nSPS) is 14.6. The summed E-state index contributed by atoms with van der Waals surface area (Å²) in [6.07, 6.45) is 87.0. The van der Waals surface area contributed by atoms with E-state index in [1.54, 1.807) is 0 Å². The molecule has 0 aromatic rings. The third-order valence-corrected chi connectivity index (χ3v) is 18.2. The fourth-order valence-electron chi connectivity index (χ4n) is 10.3. The van der Waals surface area contributed by atoms with E-state index in [0.717, 1.165) is 161 Å². The average molecular weight is 1500 g/mol. The van der Waals surface area contributed by atoms with Gasteiger partial charge in [-0.2, -0.15) is 0 Å². The van der Waals surface area contributed by atoms with Gasteiger partial charge in [-0.3, -0.25) is 37.3 Å². The summed E-state index contributed by atoms with van der Waals surface area (Å²) in [7, 11) is -9.99. The Hall–Kier alpha value is -5.06. The number of carbonyl (C=O) groups excluding carboxylic acids is 4. The third-order valence-electron chi connectivity index (χ3n) is 16.3. The van der Waals surface area contributed by atoms with Crippen molar-refractivity contribution >= 4 is 39.5 Å². The maximum absolute atomic E-state index is 13.1. The summed E-state index contributed by atoms with van der Waals surface area (Å²) in [6.45, 7) is 4.47. The first kappa shape index (κ1) is 98.9. The van der Waals surface area contributed by atoms with Gasteiger partial charge >= 0.3 is 39.5 Å². The van der Waals surface area contributed by atoms with Crippen LogP contribution in [0.15, 0.2) is 146 Å². The molecule has 104 heavy (non-hydrogen) atoms. The van der Waals surface area contributed by atoms with E-state index in [2.05, 4.69) is 155 Å². The van der Waals surface area contributed by atoms with Crippen LogP contribution in [-0.4, -0.2) is 96.7 Å². The molecule has 0 bridgehead atoms. The molecule has 0 aliphatic rings. The highest BCUT2D eigenvalue weighted by molar-refractivity contribution is 7.47. The Balaban J connectivity index is 5.44. The summed E-state index contributed by atoms with van der Waals surface area (Å²) >= 11 is 0. The summed E-state index contributed by atoms with van der Waals surface area (Å²) in [4.78, 5) is 73.0. The quantitative estimate of drug-likeness (QED) is 0.0169. The summed E-state index contributed by atoms with van der Waals surface area (Å²) in [5, 5.41) is 10.6. The number of hydrogen-bond acceptors (Lipinski definition) is 15.